The van der Waals surface area contributed by atoms with Crippen molar-refractivity contribution >= 4 is 15.9 Å². The van der Waals surface area contributed by atoms with Crippen molar-refractivity contribution in [3.63, 3.8) is 0 Å². The lowest BCUT2D eigenvalue weighted by molar-refractivity contribution is 0.0785. The lowest BCUT2D eigenvalue weighted by atomic mass is 10.1. The molecule has 33 heavy (non-hydrogen) atoms. The first-order valence-corrected chi connectivity index (χ1v) is 11.8. The molecule has 8 heteroatoms. The van der Waals surface area contributed by atoms with Crippen LogP contribution in [0.4, 0.5) is 4.39 Å². The van der Waals surface area contributed by atoms with E-state index in [0.29, 0.717) is 11.1 Å². The summed E-state index contributed by atoms with van der Waals surface area (Å²) in [6, 6.07) is 16.3. The van der Waals surface area contributed by atoms with Crippen molar-refractivity contribution in [2.75, 3.05) is 14.2 Å². The van der Waals surface area contributed by atoms with Crippen molar-refractivity contribution < 1.29 is 22.3 Å². The third-order valence-electron chi connectivity index (χ3n) is 5.44. The molecular formula is C25H27FN2O4S. The van der Waals surface area contributed by atoms with Crippen LogP contribution >= 0.6 is 0 Å². The van der Waals surface area contributed by atoms with Crippen LogP contribution in [0.3, 0.4) is 0 Å². The number of sulfonamides is 1. The molecule has 174 valence electrons. The van der Waals surface area contributed by atoms with E-state index in [4.69, 9.17) is 4.74 Å². The molecule has 3 rings (SSSR count). The molecule has 0 saturated carbocycles. The second-order valence-electron chi connectivity index (χ2n) is 7.90. The molecule has 0 saturated heterocycles. The Bertz CT molecular complexity index is 1260. The molecule has 0 aromatic heterocycles. The summed E-state index contributed by atoms with van der Waals surface area (Å²) < 4.78 is 46.5. The average Bonchev–Trinajstić information content (AvgIpc) is 2.79. The monoisotopic (exact) mass is 470 g/mol. The van der Waals surface area contributed by atoms with Crippen molar-refractivity contribution in [3.05, 3.63) is 94.3 Å². The van der Waals surface area contributed by atoms with Crippen molar-refractivity contribution in [1.82, 2.24) is 9.62 Å². The highest BCUT2D eigenvalue weighted by molar-refractivity contribution is 7.89. The molecule has 0 atom stereocenters. The number of amides is 1. The predicted molar refractivity (Wildman–Crippen MR) is 125 cm³/mol. The minimum Gasteiger partial charge on any atom is -0.494 e. The number of nitrogens with zero attached hydrogens (tertiary/aromatic N) is 1. The topological polar surface area (TPSA) is 75.7 Å². The van der Waals surface area contributed by atoms with Gasteiger partial charge in [-0.3, -0.25) is 4.79 Å². The van der Waals surface area contributed by atoms with Gasteiger partial charge in [0.2, 0.25) is 10.0 Å². The fraction of sp³-hybridized carbons (Fsp3) is 0.240. The number of ether oxygens (including phenoxy) is 1. The van der Waals surface area contributed by atoms with Crippen LogP contribution < -0.4 is 9.46 Å². The van der Waals surface area contributed by atoms with E-state index in [1.807, 2.05) is 13.8 Å². The zero-order chi connectivity index (χ0) is 24.2. The Hall–Kier alpha value is -3.23. The zero-order valence-corrected chi connectivity index (χ0v) is 19.9. The lowest BCUT2D eigenvalue weighted by Gasteiger charge is -2.18. The summed E-state index contributed by atoms with van der Waals surface area (Å²) in [5.41, 5.74) is 3.74. The van der Waals surface area contributed by atoms with Gasteiger partial charge in [0.1, 0.15) is 0 Å². The molecule has 0 bridgehead atoms. The third-order valence-corrected chi connectivity index (χ3v) is 6.84. The van der Waals surface area contributed by atoms with E-state index in [9.17, 15) is 17.6 Å². The molecule has 3 aromatic carbocycles. The number of carbonyl (C=O) groups excluding carboxylic acids is 1. The van der Waals surface area contributed by atoms with Crippen LogP contribution in [0.25, 0.3) is 0 Å². The van der Waals surface area contributed by atoms with Gasteiger partial charge in [-0.15, -0.1) is 0 Å². The molecule has 0 unspecified atom stereocenters. The normalized spacial score (nSPS) is 11.3. The van der Waals surface area contributed by atoms with Gasteiger partial charge in [0.15, 0.2) is 11.6 Å². The van der Waals surface area contributed by atoms with Gasteiger partial charge < -0.3 is 9.64 Å². The molecular weight excluding hydrogens is 443 g/mol. The standard InChI is InChI=1S/C25H27FN2O4S/c1-17-5-11-22(13-18(17)2)33(30,31)27-15-19-6-9-21(10-7-19)25(29)28(3)16-20-8-12-24(32-4)23(26)14-20/h5-14,27H,15-16H2,1-4H3. The number of carbonyl (C=O) groups is 1. The Morgan fingerprint density at radius 2 is 1.64 bits per heavy atom. The summed E-state index contributed by atoms with van der Waals surface area (Å²) in [7, 11) is -0.616. The highest BCUT2D eigenvalue weighted by Crippen LogP contribution is 2.19. The maximum absolute atomic E-state index is 13.9. The number of benzene rings is 3. The van der Waals surface area contributed by atoms with E-state index in [-0.39, 0.29) is 29.6 Å². The molecule has 0 aliphatic heterocycles. The first-order valence-electron chi connectivity index (χ1n) is 10.3. The van der Waals surface area contributed by atoms with Crippen molar-refractivity contribution in [3.8, 4) is 5.75 Å². The van der Waals surface area contributed by atoms with Crippen LogP contribution in [-0.2, 0) is 23.1 Å². The van der Waals surface area contributed by atoms with Crippen LogP contribution in [0.5, 0.6) is 5.75 Å². The molecule has 0 fully saturated rings. The van der Waals surface area contributed by atoms with E-state index in [2.05, 4.69) is 4.72 Å². The Labute approximate surface area is 194 Å². The highest BCUT2D eigenvalue weighted by Gasteiger charge is 2.16. The minimum atomic E-state index is -3.65. The van der Waals surface area contributed by atoms with Crippen molar-refractivity contribution in [2.24, 2.45) is 0 Å². The van der Waals surface area contributed by atoms with Gasteiger partial charge in [0, 0.05) is 25.7 Å². The largest absolute Gasteiger partial charge is 0.494 e. The predicted octanol–water partition coefficient (Wildman–Crippen LogP) is 4.20. The molecule has 0 heterocycles. The Morgan fingerprint density at radius 3 is 2.24 bits per heavy atom. The smallest absolute Gasteiger partial charge is 0.253 e. The Kier molecular flexibility index (Phi) is 7.50. The van der Waals surface area contributed by atoms with Crippen LogP contribution in [-0.4, -0.2) is 33.4 Å². The van der Waals surface area contributed by atoms with Gasteiger partial charge in [-0.05, 0) is 72.5 Å². The first-order chi connectivity index (χ1) is 15.6. The average molecular weight is 471 g/mol. The molecule has 1 amide bonds. The second-order valence-corrected chi connectivity index (χ2v) is 9.66. The van der Waals surface area contributed by atoms with Gasteiger partial charge in [-0.1, -0.05) is 24.3 Å². The summed E-state index contributed by atoms with van der Waals surface area (Å²) >= 11 is 0. The summed E-state index contributed by atoms with van der Waals surface area (Å²) in [4.78, 5) is 14.4. The van der Waals surface area contributed by atoms with Crippen LogP contribution in [0.1, 0.15) is 32.6 Å². The molecule has 0 aliphatic carbocycles. The van der Waals surface area contributed by atoms with Gasteiger partial charge in [-0.2, -0.15) is 0 Å². The Morgan fingerprint density at radius 1 is 0.970 bits per heavy atom. The van der Waals surface area contributed by atoms with E-state index in [1.165, 1.54) is 24.1 Å². The van der Waals surface area contributed by atoms with Crippen molar-refractivity contribution in [2.45, 2.75) is 31.8 Å². The number of rotatable bonds is 8. The summed E-state index contributed by atoms with van der Waals surface area (Å²) in [5, 5.41) is 0. The molecule has 6 nitrogen and oxygen atoms in total. The van der Waals surface area contributed by atoms with Gasteiger partial charge >= 0.3 is 0 Å². The summed E-state index contributed by atoms with van der Waals surface area (Å²) in [6.07, 6.45) is 0. The second kappa shape index (κ2) is 10.1. The highest BCUT2D eigenvalue weighted by atomic mass is 32.2. The molecule has 0 aliphatic rings. The maximum atomic E-state index is 13.9. The van der Waals surface area contributed by atoms with Gasteiger partial charge in [0.05, 0.1) is 12.0 Å². The van der Waals surface area contributed by atoms with Crippen LogP contribution in [0.2, 0.25) is 0 Å². The SMILES string of the molecule is COc1ccc(CN(C)C(=O)c2ccc(CNS(=O)(=O)c3ccc(C)c(C)c3)cc2)cc1F. The molecule has 3 aromatic rings. The number of nitrogens with one attached hydrogen (secondary N) is 1. The summed E-state index contributed by atoms with van der Waals surface area (Å²) in [5.74, 6) is -0.562. The van der Waals surface area contributed by atoms with Crippen LogP contribution in [0, 0.1) is 19.7 Å². The fourth-order valence-electron chi connectivity index (χ4n) is 3.28. The van der Waals surface area contributed by atoms with Gasteiger partial charge in [0.25, 0.3) is 5.91 Å². The van der Waals surface area contributed by atoms with E-state index in [1.54, 1.807) is 55.6 Å². The quantitative estimate of drug-likeness (QED) is 0.535. The van der Waals surface area contributed by atoms with E-state index in [0.717, 1.165) is 16.7 Å². The summed E-state index contributed by atoms with van der Waals surface area (Å²) in [6.45, 7) is 4.13. The molecule has 1 N–H and O–H groups in total. The maximum Gasteiger partial charge on any atom is 0.253 e. The lowest BCUT2D eigenvalue weighted by Crippen LogP contribution is -2.26. The first kappa shape index (κ1) is 24.4. The number of aryl methyl sites for hydroxylation is 2. The van der Waals surface area contributed by atoms with Crippen LogP contribution in [0.15, 0.2) is 65.6 Å². The molecule has 0 spiro atoms. The van der Waals surface area contributed by atoms with Gasteiger partial charge in [-0.25, -0.2) is 17.5 Å². The minimum absolute atomic E-state index is 0.102. The fourth-order valence-corrected chi connectivity index (χ4v) is 4.38. The Balaban J connectivity index is 1.62. The van der Waals surface area contributed by atoms with Crippen molar-refractivity contribution in [1.29, 1.82) is 0 Å². The number of hydrogen-bond donors (Lipinski definition) is 1. The number of hydrogen-bond acceptors (Lipinski definition) is 4. The van der Waals surface area contributed by atoms with E-state index < -0.39 is 15.8 Å². The third kappa shape index (κ3) is 5.97. The zero-order valence-electron chi connectivity index (χ0n) is 19.1. The molecule has 0 radical (unpaired) electrons. The van der Waals surface area contributed by atoms with E-state index >= 15 is 0 Å². The number of methoxy groups -OCH3 is 1. The number of halogens is 1.